The maximum Gasteiger partial charge on any atom is 0.321 e. The minimum Gasteiger partial charge on any atom is -0.481 e. The van der Waals surface area contributed by atoms with Gasteiger partial charge in [-0.05, 0) is 25.7 Å². The van der Waals surface area contributed by atoms with Crippen molar-refractivity contribution >= 4 is 28.5 Å². The molecule has 6 nitrogen and oxygen atoms in total. The minimum absolute atomic E-state index is 0.287. The van der Waals surface area contributed by atoms with E-state index in [-0.39, 0.29) is 11.9 Å². The molecule has 0 aliphatic heterocycles. The molecule has 1 aliphatic carbocycles. The highest BCUT2D eigenvalue weighted by molar-refractivity contribution is 7.13. The van der Waals surface area contributed by atoms with Gasteiger partial charge in [-0.15, -0.1) is 11.3 Å². The number of rotatable bonds is 7. The van der Waals surface area contributed by atoms with E-state index in [4.69, 9.17) is 5.11 Å². The second kappa shape index (κ2) is 6.69. The number of hydrogen-bond acceptors (Lipinski definition) is 4. The summed E-state index contributed by atoms with van der Waals surface area (Å²) in [7, 11) is 0. The van der Waals surface area contributed by atoms with Gasteiger partial charge in [0.25, 0.3) is 0 Å². The van der Waals surface area contributed by atoms with Crippen LogP contribution in [0.25, 0.3) is 0 Å². The van der Waals surface area contributed by atoms with E-state index < -0.39 is 5.97 Å². The van der Waals surface area contributed by atoms with E-state index in [2.05, 4.69) is 15.6 Å². The zero-order chi connectivity index (χ0) is 14.5. The minimum atomic E-state index is -0.801. The number of hydrogen-bond donors (Lipinski definition) is 3. The molecule has 2 amide bonds. The predicted molar refractivity (Wildman–Crippen MR) is 77.1 cm³/mol. The molecule has 1 atom stereocenters. The molecule has 7 heteroatoms. The first kappa shape index (κ1) is 14.8. The first-order valence-corrected chi connectivity index (χ1v) is 7.67. The van der Waals surface area contributed by atoms with E-state index in [1.165, 1.54) is 24.2 Å². The molecule has 1 aliphatic rings. The first-order chi connectivity index (χ1) is 9.56. The van der Waals surface area contributed by atoms with Crippen molar-refractivity contribution in [2.45, 2.75) is 38.5 Å². The molecule has 1 fully saturated rings. The number of carbonyl (C=O) groups excluding carboxylic acids is 1. The molecule has 2 rings (SSSR count). The van der Waals surface area contributed by atoms with Crippen molar-refractivity contribution < 1.29 is 14.7 Å². The van der Waals surface area contributed by atoms with Crippen LogP contribution in [0.3, 0.4) is 0 Å². The van der Waals surface area contributed by atoms with E-state index in [0.717, 1.165) is 5.69 Å². The van der Waals surface area contributed by atoms with Crippen molar-refractivity contribution in [1.82, 2.24) is 10.3 Å². The molecule has 110 valence electrons. The molecular weight excluding hydrogens is 278 g/mol. The monoisotopic (exact) mass is 297 g/mol. The van der Waals surface area contributed by atoms with Gasteiger partial charge in [0.2, 0.25) is 0 Å². The SMILES string of the molecule is CC(CCCNC(=O)Nc1nc(C2CC2)cs1)C(=O)O. The number of nitrogens with one attached hydrogen (secondary N) is 2. The largest absolute Gasteiger partial charge is 0.481 e. The van der Waals surface area contributed by atoms with Crippen LogP contribution in [0.1, 0.15) is 44.2 Å². The third-order valence-electron chi connectivity index (χ3n) is 3.26. The number of aliphatic carboxylic acids is 1. The summed E-state index contributed by atoms with van der Waals surface area (Å²) in [6, 6.07) is -0.287. The molecular formula is C13H19N3O3S. The highest BCUT2D eigenvalue weighted by Gasteiger charge is 2.26. The third kappa shape index (κ3) is 4.48. The Balaban J connectivity index is 1.63. The molecule has 0 bridgehead atoms. The van der Waals surface area contributed by atoms with Crippen LogP contribution in [0, 0.1) is 5.92 Å². The van der Waals surface area contributed by atoms with Gasteiger partial charge in [-0.2, -0.15) is 0 Å². The maximum atomic E-state index is 11.6. The van der Waals surface area contributed by atoms with Crippen molar-refractivity contribution in [3.63, 3.8) is 0 Å². The Labute approximate surface area is 121 Å². The summed E-state index contributed by atoms with van der Waals surface area (Å²) < 4.78 is 0. The van der Waals surface area contributed by atoms with Gasteiger partial charge in [0.1, 0.15) is 0 Å². The molecule has 0 aromatic carbocycles. The topological polar surface area (TPSA) is 91.3 Å². The number of anilines is 1. The number of carbonyl (C=O) groups is 2. The average Bonchev–Trinajstić information content (AvgIpc) is 3.15. The quantitative estimate of drug-likeness (QED) is 0.675. The van der Waals surface area contributed by atoms with E-state index in [1.807, 2.05) is 5.38 Å². The number of aromatic nitrogens is 1. The second-order valence-corrected chi connectivity index (χ2v) is 5.97. The molecule has 0 saturated heterocycles. The zero-order valence-electron chi connectivity index (χ0n) is 11.4. The predicted octanol–water partition coefficient (Wildman–Crippen LogP) is 2.64. The first-order valence-electron chi connectivity index (χ1n) is 6.79. The van der Waals surface area contributed by atoms with E-state index in [9.17, 15) is 9.59 Å². The molecule has 20 heavy (non-hydrogen) atoms. The fourth-order valence-electron chi connectivity index (χ4n) is 1.79. The third-order valence-corrected chi connectivity index (χ3v) is 4.04. The summed E-state index contributed by atoms with van der Waals surface area (Å²) >= 11 is 1.43. The smallest absolute Gasteiger partial charge is 0.321 e. The van der Waals surface area contributed by atoms with Crippen LogP contribution in [-0.2, 0) is 4.79 Å². The number of carboxylic acids is 1. The van der Waals surface area contributed by atoms with Crippen molar-refractivity contribution in [3.05, 3.63) is 11.1 Å². The van der Waals surface area contributed by atoms with Gasteiger partial charge in [-0.1, -0.05) is 6.92 Å². The Morgan fingerprint density at radius 3 is 2.95 bits per heavy atom. The summed E-state index contributed by atoms with van der Waals surface area (Å²) in [4.78, 5) is 26.6. The number of nitrogens with zero attached hydrogens (tertiary/aromatic N) is 1. The molecule has 0 radical (unpaired) electrons. The Bertz CT molecular complexity index is 485. The fourth-order valence-corrected chi connectivity index (χ4v) is 2.57. The van der Waals surface area contributed by atoms with Crippen molar-refractivity contribution in [3.8, 4) is 0 Å². The average molecular weight is 297 g/mol. The van der Waals surface area contributed by atoms with E-state index in [0.29, 0.717) is 30.4 Å². The summed E-state index contributed by atoms with van der Waals surface area (Å²) in [5.41, 5.74) is 1.07. The molecule has 1 aromatic rings. The Hall–Kier alpha value is -1.63. The fraction of sp³-hybridized carbons (Fsp3) is 0.615. The van der Waals surface area contributed by atoms with Crippen LogP contribution in [0.2, 0.25) is 0 Å². The van der Waals surface area contributed by atoms with Crippen LogP contribution in [-0.4, -0.2) is 28.6 Å². The molecule has 3 N–H and O–H groups in total. The standard InChI is InChI=1S/C13H19N3O3S/c1-8(11(17)18)3-2-6-14-12(19)16-13-15-10(7-20-13)9-4-5-9/h7-9H,2-6H2,1H3,(H,17,18)(H2,14,15,16,19). The Morgan fingerprint density at radius 1 is 1.55 bits per heavy atom. The lowest BCUT2D eigenvalue weighted by Gasteiger charge is -2.07. The van der Waals surface area contributed by atoms with Crippen LogP contribution in [0.4, 0.5) is 9.93 Å². The number of carboxylic acid groups (broad SMARTS) is 1. The van der Waals surface area contributed by atoms with Crippen LogP contribution in [0.15, 0.2) is 5.38 Å². The van der Waals surface area contributed by atoms with Crippen molar-refractivity contribution in [1.29, 1.82) is 0 Å². The molecule has 1 unspecified atom stereocenters. The summed E-state index contributed by atoms with van der Waals surface area (Å²) in [5.74, 6) is -0.591. The van der Waals surface area contributed by atoms with Gasteiger partial charge in [-0.3, -0.25) is 10.1 Å². The zero-order valence-corrected chi connectivity index (χ0v) is 12.2. The van der Waals surface area contributed by atoms with Crippen molar-refractivity contribution in [2.75, 3.05) is 11.9 Å². The number of thiazole rings is 1. The van der Waals surface area contributed by atoms with Crippen LogP contribution in [0.5, 0.6) is 0 Å². The number of urea groups is 1. The van der Waals surface area contributed by atoms with Gasteiger partial charge in [0.15, 0.2) is 5.13 Å². The Kier molecular flexibility index (Phi) is 4.94. The maximum absolute atomic E-state index is 11.6. The van der Waals surface area contributed by atoms with Gasteiger partial charge < -0.3 is 10.4 Å². The molecule has 1 aromatic heterocycles. The molecule has 1 heterocycles. The lowest BCUT2D eigenvalue weighted by atomic mass is 10.1. The lowest BCUT2D eigenvalue weighted by Crippen LogP contribution is -2.29. The van der Waals surface area contributed by atoms with Crippen molar-refractivity contribution in [2.24, 2.45) is 5.92 Å². The van der Waals surface area contributed by atoms with E-state index in [1.54, 1.807) is 6.92 Å². The van der Waals surface area contributed by atoms with Gasteiger partial charge in [0, 0.05) is 17.8 Å². The van der Waals surface area contributed by atoms with Crippen LogP contribution >= 0.6 is 11.3 Å². The molecule has 0 spiro atoms. The second-order valence-electron chi connectivity index (χ2n) is 5.11. The Morgan fingerprint density at radius 2 is 2.30 bits per heavy atom. The van der Waals surface area contributed by atoms with Gasteiger partial charge in [-0.25, -0.2) is 9.78 Å². The van der Waals surface area contributed by atoms with Gasteiger partial charge >= 0.3 is 12.0 Å². The summed E-state index contributed by atoms with van der Waals surface area (Å²) in [6.07, 6.45) is 3.58. The van der Waals surface area contributed by atoms with E-state index >= 15 is 0 Å². The highest BCUT2D eigenvalue weighted by Crippen LogP contribution is 2.40. The highest BCUT2D eigenvalue weighted by atomic mass is 32.1. The molecule has 1 saturated carbocycles. The summed E-state index contributed by atoms with van der Waals surface area (Å²) in [6.45, 7) is 2.13. The normalized spacial score (nSPS) is 15.7. The summed E-state index contributed by atoms with van der Waals surface area (Å²) in [5, 5.41) is 16.7. The number of amides is 2. The van der Waals surface area contributed by atoms with Gasteiger partial charge in [0.05, 0.1) is 11.6 Å². The van der Waals surface area contributed by atoms with Crippen LogP contribution < -0.4 is 10.6 Å². The lowest BCUT2D eigenvalue weighted by molar-refractivity contribution is -0.141.